The number of hydrogen-bond acceptors (Lipinski definition) is 4. The highest BCUT2D eigenvalue weighted by Gasteiger charge is 2.46. The van der Waals surface area contributed by atoms with Crippen molar-refractivity contribution in [2.45, 2.75) is 118 Å². The second-order valence-corrected chi connectivity index (χ2v) is 22.2. The molecule has 6 heteroatoms. The lowest BCUT2D eigenvalue weighted by molar-refractivity contribution is -0.0271. The van der Waals surface area contributed by atoms with Crippen LogP contribution in [0, 0.1) is 23.7 Å². The van der Waals surface area contributed by atoms with Gasteiger partial charge in [-0.1, -0.05) is 69.2 Å². The maximum Gasteiger partial charge on any atom is 0.192 e. The second kappa shape index (κ2) is 10.9. The second-order valence-electron chi connectivity index (χ2n) is 12.7. The first kappa shape index (κ1) is 30.3. The lowest BCUT2D eigenvalue weighted by Crippen LogP contribution is -2.52. The van der Waals surface area contributed by atoms with Gasteiger partial charge in [0.25, 0.3) is 0 Å². The number of aliphatic hydroxyl groups is 2. The molecule has 0 saturated carbocycles. The Morgan fingerprint density at radius 3 is 1.00 bits per heavy atom. The van der Waals surface area contributed by atoms with Crippen LogP contribution in [0.3, 0.4) is 0 Å². The molecule has 0 saturated heterocycles. The van der Waals surface area contributed by atoms with E-state index in [1.54, 1.807) is 0 Å². The molecule has 0 fully saturated rings. The van der Waals surface area contributed by atoms with Gasteiger partial charge in [-0.15, -0.1) is 0 Å². The van der Waals surface area contributed by atoms with Crippen molar-refractivity contribution in [1.29, 1.82) is 0 Å². The van der Waals surface area contributed by atoms with E-state index >= 15 is 0 Å². The van der Waals surface area contributed by atoms with Crippen molar-refractivity contribution in [1.82, 2.24) is 0 Å². The fourth-order valence-electron chi connectivity index (χ4n) is 3.32. The first-order valence-electron chi connectivity index (χ1n) is 11.8. The zero-order valence-electron chi connectivity index (χ0n) is 22.6. The topological polar surface area (TPSA) is 58.9 Å². The van der Waals surface area contributed by atoms with Crippen molar-refractivity contribution in [2.75, 3.05) is 13.2 Å². The fourth-order valence-corrected chi connectivity index (χ4v) is 6.29. The molecule has 0 aromatic rings. The summed E-state index contributed by atoms with van der Waals surface area (Å²) in [6.07, 6.45) is -0.0791. The van der Waals surface area contributed by atoms with Crippen LogP contribution in [0.1, 0.15) is 69.2 Å². The van der Waals surface area contributed by atoms with Crippen molar-refractivity contribution in [3.63, 3.8) is 0 Å². The Hall–Kier alpha value is 0.274. The molecule has 0 spiro atoms. The quantitative estimate of drug-likeness (QED) is 0.354. The van der Waals surface area contributed by atoms with E-state index in [1.165, 1.54) is 0 Å². The summed E-state index contributed by atoms with van der Waals surface area (Å²) in [4.78, 5) is 0. The van der Waals surface area contributed by atoms with Crippen molar-refractivity contribution in [2.24, 2.45) is 23.7 Å². The van der Waals surface area contributed by atoms with E-state index in [2.05, 4.69) is 95.4 Å². The van der Waals surface area contributed by atoms with E-state index in [4.69, 9.17) is 8.85 Å². The van der Waals surface area contributed by atoms with Crippen molar-refractivity contribution in [3.8, 4) is 0 Å². The van der Waals surface area contributed by atoms with Crippen molar-refractivity contribution < 1.29 is 19.1 Å². The SMILES string of the molecule is C[C@H]([C@H](C)[C@@H](O[Si](C)(C)C(C)(C)C)[C@@H](C)CO)[C@H](O[Si](C)(C)C(C)(C)C)[C@H](C)CO. The van der Waals surface area contributed by atoms with Gasteiger partial charge in [0, 0.05) is 25.0 Å². The molecule has 0 rings (SSSR count). The lowest BCUT2D eigenvalue weighted by Gasteiger charge is -2.47. The van der Waals surface area contributed by atoms with Gasteiger partial charge in [-0.2, -0.15) is 0 Å². The van der Waals surface area contributed by atoms with E-state index in [0.717, 1.165) is 0 Å². The highest BCUT2D eigenvalue weighted by atomic mass is 28.4. The number of aliphatic hydroxyl groups excluding tert-OH is 2. The molecule has 0 unspecified atom stereocenters. The summed E-state index contributed by atoms with van der Waals surface area (Å²) in [5.74, 6) is 0.499. The predicted octanol–water partition coefficient (Wildman–Crippen LogP) is 6.30. The molecule has 0 radical (unpaired) electrons. The van der Waals surface area contributed by atoms with Gasteiger partial charge in [0.1, 0.15) is 0 Å². The summed E-state index contributed by atoms with van der Waals surface area (Å²) in [6, 6.07) is 0. The standard InChI is InChI=1S/C24H54O4Si2/c1-17(15-25)21(27-29(11,12)23(5,6)7)19(3)20(4)22(18(2)16-26)28-30(13,14)24(8,9)10/h17-22,25-26H,15-16H2,1-14H3/t17-,18+,19-,20+,21-,22+. The van der Waals surface area contributed by atoms with Gasteiger partial charge in [-0.25, -0.2) is 0 Å². The minimum absolute atomic E-state index is 0.0395. The third-order valence-corrected chi connectivity index (χ3v) is 17.0. The molecule has 0 heterocycles. The Morgan fingerprint density at radius 2 is 0.833 bits per heavy atom. The summed E-state index contributed by atoms with van der Waals surface area (Å²) in [5, 5.41) is 20.2. The summed E-state index contributed by atoms with van der Waals surface area (Å²) in [5.41, 5.74) is 0. The van der Waals surface area contributed by atoms with Crippen LogP contribution < -0.4 is 0 Å². The average molecular weight is 463 g/mol. The molecule has 0 amide bonds. The van der Waals surface area contributed by atoms with Gasteiger partial charge in [0.15, 0.2) is 16.6 Å². The molecule has 0 aliphatic heterocycles. The molecular formula is C24H54O4Si2. The normalized spacial score (nSPS) is 20.4. The van der Waals surface area contributed by atoms with Gasteiger partial charge in [0.2, 0.25) is 0 Å². The zero-order valence-corrected chi connectivity index (χ0v) is 24.6. The van der Waals surface area contributed by atoms with Crippen LogP contribution in [0.4, 0.5) is 0 Å². The Bertz CT molecular complexity index is 462. The van der Waals surface area contributed by atoms with Crippen molar-refractivity contribution in [3.05, 3.63) is 0 Å². The van der Waals surface area contributed by atoms with Crippen LogP contribution >= 0.6 is 0 Å². The molecule has 0 aliphatic carbocycles. The predicted molar refractivity (Wildman–Crippen MR) is 135 cm³/mol. The smallest absolute Gasteiger partial charge is 0.192 e. The highest BCUT2D eigenvalue weighted by molar-refractivity contribution is 6.74. The minimum Gasteiger partial charge on any atom is -0.413 e. The summed E-state index contributed by atoms with van der Waals surface area (Å²) in [7, 11) is -3.99. The lowest BCUT2D eigenvalue weighted by atomic mass is 9.79. The minimum atomic E-state index is -2.00. The van der Waals surface area contributed by atoms with Crippen LogP contribution in [0.2, 0.25) is 36.3 Å². The maximum atomic E-state index is 9.99. The third kappa shape index (κ3) is 7.70. The van der Waals surface area contributed by atoms with Gasteiger partial charge >= 0.3 is 0 Å². The molecule has 0 aliphatic rings. The molecule has 2 N–H and O–H groups in total. The van der Waals surface area contributed by atoms with Gasteiger partial charge in [-0.05, 0) is 48.1 Å². The van der Waals surface area contributed by atoms with E-state index in [-0.39, 0.29) is 59.2 Å². The van der Waals surface area contributed by atoms with E-state index in [0.29, 0.717) is 0 Å². The van der Waals surface area contributed by atoms with E-state index in [9.17, 15) is 10.2 Å². The molecule has 4 nitrogen and oxygen atoms in total. The van der Waals surface area contributed by atoms with Crippen LogP contribution in [-0.4, -0.2) is 52.3 Å². The first-order chi connectivity index (χ1) is 13.2. The van der Waals surface area contributed by atoms with Crippen LogP contribution in [0.15, 0.2) is 0 Å². The Morgan fingerprint density at radius 1 is 0.600 bits per heavy atom. The highest BCUT2D eigenvalue weighted by Crippen LogP contribution is 2.43. The van der Waals surface area contributed by atoms with Crippen LogP contribution in [0.25, 0.3) is 0 Å². The molecule has 182 valence electrons. The van der Waals surface area contributed by atoms with Crippen molar-refractivity contribution >= 4 is 16.6 Å². The fraction of sp³-hybridized carbons (Fsp3) is 1.00. The molecule has 0 aromatic heterocycles. The average Bonchev–Trinajstić information content (AvgIpc) is 2.59. The third-order valence-electron chi connectivity index (χ3n) is 8.04. The molecular weight excluding hydrogens is 408 g/mol. The van der Waals surface area contributed by atoms with Gasteiger partial charge in [-0.3, -0.25) is 0 Å². The molecule has 30 heavy (non-hydrogen) atoms. The van der Waals surface area contributed by atoms with E-state index in [1.807, 2.05) is 0 Å². The van der Waals surface area contributed by atoms with Gasteiger partial charge < -0.3 is 19.1 Å². The molecule has 6 atom stereocenters. The Balaban J connectivity index is 5.94. The Labute approximate surface area is 190 Å². The van der Waals surface area contributed by atoms with Crippen LogP contribution in [-0.2, 0) is 8.85 Å². The van der Waals surface area contributed by atoms with Gasteiger partial charge in [0.05, 0.1) is 12.2 Å². The summed E-state index contributed by atoms with van der Waals surface area (Å²) in [6.45, 7) is 31.5. The largest absolute Gasteiger partial charge is 0.413 e. The zero-order chi connectivity index (χ0) is 24.3. The number of rotatable bonds is 11. The summed E-state index contributed by atoms with van der Waals surface area (Å²) >= 11 is 0. The molecule has 0 aromatic carbocycles. The summed E-state index contributed by atoms with van der Waals surface area (Å²) < 4.78 is 13.7. The van der Waals surface area contributed by atoms with Crippen LogP contribution in [0.5, 0.6) is 0 Å². The monoisotopic (exact) mass is 462 g/mol. The first-order valence-corrected chi connectivity index (χ1v) is 17.6. The van der Waals surface area contributed by atoms with E-state index < -0.39 is 16.6 Å². The number of hydrogen-bond donors (Lipinski definition) is 2. The Kier molecular flexibility index (Phi) is 11.0. The molecule has 0 bridgehead atoms. The maximum absolute atomic E-state index is 9.99.